The first-order valence-electron chi connectivity index (χ1n) is 6.29. The van der Waals surface area contributed by atoms with Crippen molar-refractivity contribution in [1.82, 2.24) is 14.5 Å². The highest BCUT2D eigenvalue weighted by Crippen LogP contribution is 2.10. The maximum absolute atomic E-state index is 12.0. The number of aryl methyl sites for hydroxylation is 1. The number of carbonyl (C=O) groups excluding carboxylic acids is 1. The summed E-state index contributed by atoms with van der Waals surface area (Å²) in [7, 11) is 0. The maximum Gasteiger partial charge on any atom is 0.224 e. The number of nitrogens with zero attached hydrogens (tertiary/aromatic N) is 3. The molecule has 100 valence electrons. The molecule has 1 fully saturated rings. The lowest BCUT2D eigenvalue weighted by Gasteiger charge is -2.27. The van der Waals surface area contributed by atoms with Crippen LogP contribution in [0, 0.1) is 0 Å². The molecule has 1 atom stereocenters. The third kappa shape index (κ3) is 3.08. The van der Waals surface area contributed by atoms with Gasteiger partial charge in [0.1, 0.15) is 0 Å². The highest BCUT2D eigenvalue weighted by atomic mass is 16.5. The summed E-state index contributed by atoms with van der Waals surface area (Å²) in [5.74, 6) is 0.169. The normalized spacial score (nSPS) is 17.8. The van der Waals surface area contributed by atoms with Crippen LogP contribution in [-0.4, -0.2) is 46.7 Å². The summed E-state index contributed by atoms with van der Waals surface area (Å²) in [6, 6.07) is -0.0639. The van der Waals surface area contributed by atoms with Crippen molar-refractivity contribution in [2.45, 2.75) is 25.9 Å². The van der Waals surface area contributed by atoms with Gasteiger partial charge >= 0.3 is 0 Å². The van der Waals surface area contributed by atoms with Crippen molar-refractivity contribution in [2.24, 2.45) is 5.73 Å². The third-order valence-corrected chi connectivity index (χ3v) is 3.14. The molecule has 0 aromatic carbocycles. The molecular formula is C12H20N4O2. The quantitative estimate of drug-likeness (QED) is 0.828. The summed E-state index contributed by atoms with van der Waals surface area (Å²) in [6.45, 7) is 5.22. The molecule has 1 aliphatic rings. The number of aromatic nitrogens is 2. The molecule has 6 heteroatoms. The Hall–Kier alpha value is -1.40. The van der Waals surface area contributed by atoms with Crippen LogP contribution in [-0.2, 0) is 16.1 Å². The number of hydrogen-bond donors (Lipinski definition) is 1. The van der Waals surface area contributed by atoms with Gasteiger partial charge in [-0.3, -0.25) is 4.79 Å². The Balaban J connectivity index is 1.86. The molecule has 2 heterocycles. The molecule has 1 saturated heterocycles. The molecule has 1 aromatic rings. The van der Waals surface area contributed by atoms with E-state index >= 15 is 0 Å². The molecule has 0 radical (unpaired) electrons. The number of nitrogens with two attached hydrogens (primary N) is 1. The van der Waals surface area contributed by atoms with Gasteiger partial charge in [-0.1, -0.05) is 0 Å². The molecular weight excluding hydrogens is 232 g/mol. The monoisotopic (exact) mass is 252 g/mol. The average Bonchev–Trinajstić information content (AvgIpc) is 2.85. The van der Waals surface area contributed by atoms with Gasteiger partial charge in [0.2, 0.25) is 5.91 Å². The second-order valence-corrected chi connectivity index (χ2v) is 4.54. The molecule has 1 unspecified atom stereocenters. The maximum atomic E-state index is 12.0. The molecule has 2 N–H and O–H groups in total. The number of imidazole rings is 1. The average molecular weight is 252 g/mol. The van der Waals surface area contributed by atoms with Crippen LogP contribution >= 0.6 is 0 Å². The molecule has 1 amide bonds. The summed E-state index contributed by atoms with van der Waals surface area (Å²) in [4.78, 5) is 17.9. The second-order valence-electron chi connectivity index (χ2n) is 4.54. The number of carbonyl (C=O) groups is 1. The number of ether oxygens (including phenoxy) is 1. The van der Waals surface area contributed by atoms with E-state index in [0.717, 1.165) is 5.69 Å². The second kappa shape index (κ2) is 5.97. The minimum Gasteiger partial charge on any atom is -0.378 e. The van der Waals surface area contributed by atoms with Crippen LogP contribution in [0.4, 0.5) is 0 Å². The van der Waals surface area contributed by atoms with Gasteiger partial charge in [-0.15, -0.1) is 0 Å². The summed E-state index contributed by atoms with van der Waals surface area (Å²) >= 11 is 0. The van der Waals surface area contributed by atoms with Crippen LogP contribution in [0.2, 0.25) is 0 Å². The van der Waals surface area contributed by atoms with Crippen molar-refractivity contribution in [3.05, 3.63) is 18.2 Å². The fraction of sp³-hybridized carbons (Fsp3) is 0.667. The van der Waals surface area contributed by atoms with Gasteiger partial charge in [0, 0.05) is 38.3 Å². The molecule has 2 rings (SSSR count). The van der Waals surface area contributed by atoms with E-state index in [1.165, 1.54) is 0 Å². The van der Waals surface area contributed by atoms with Crippen molar-refractivity contribution < 1.29 is 9.53 Å². The van der Waals surface area contributed by atoms with Crippen molar-refractivity contribution in [3.8, 4) is 0 Å². The van der Waals surface area contributed by atoms with E-state index in [1.54, 1.807) is 12.5 Å². The Kier molecular flexibility index (Phi) is 4.33. The van der Waals surface area contributed by atoms with Gasteiger partial charge < -0.3 is 19.9 Å². The minimum atomic E-state index is -0.0639. The summed E-state index contributed by atoms with van der Waals surface area (Å²) in [5.41, 5.74) is 6.80. The Morgan fingerprint density at radius 2 is 2.28 bits per heavy atom. The minimum absolute atomic E-state index is 0.0639. The number of amides is 1. The molecule has 1 aliphatic heterocycles. The highest BCUT2D eigenvalue weighted by molar-refractivity contribution is 5.76. The van der Waals surface area contributed by atoms with E-state index in [2.05, 4.69) is 4.98 Å². The van der Waals surface area contributed by atoms with E-state index in [9.17, 15) is 4.79 Å². The smallest absolute Gasteiger partial charge is 0.224 e. The van der Waals surface area contributed by atoms with E-state index in [4.69, 9.17) is 10.5 Å². The molecule has 0 aliphatic carbocycles. The highest BCUT2D eigenvalue weighted by Gasteiger charge is 2.17. The first kappa shape index (κ1) is 13.0. The zero-order chi connectivity index (χ0) is 13.0. The van der Waals surface area contributed by atoms with E-state index in [1.807, 2.05) is 16.4 Å². The van der Waals surface area contributed by atoms with Gasteiger partial charge in [0.15, 0.2) is 0 Å². The molecule has 0 spiro atoms. The van der Waals surface area contributed by atoms with Gasteiger partial charge in [0.05, 0.1) is 25.2 Å². The summed E-state index contributed by atoms with van der Waals surface area (Å²) < 4.78 is 7.17. The van der Waals surface area contributed by atoms with Gasteiger partial charge in [-0.25, -0.2) is 4.98 Å². The Morgan fingerprint density at radius 1 is 1.56 bits per heavy atom. The predicted molar refractivity (Wildman–Crippen MR) is 66.8 cm³/mol. The fourth-order valence-corrected chi connectivity index (χ4v) is 2.08. The topological polar surface area (TPSA) is 73.4 Å². The number of morpholine rings is 1. The Bertz CT molecular complexity index is 397. The fourth-order valence-electron chi connectivity index (χ4n) is 2.08. The van der Waals surface area contributed by atoms with E-state index in [0.29, 0.717) is 39.3 Å². The standard InChI is InChI=1S/C12H20N4O2/c1-10(13)11-8-14-9-16(11)3-2-12(17)15-4-6-18-7-5-15/h8-10H,2-7,13H2,1H3. The van der Waals surface area contributed by atoms with Crippen molar-refractivity contribution in [3.63, 3.8) is 0 Å². The van der Waals surface area contributed by atoms with Gasteiger partial charge in [0.25, 0.3) is 0 Å². The lowest BCUT2D eigenvalue weighted by atomic mass is 10.2. The van der Waals surface area contributed by atoms with Crippen molar-refractivity contribution in [2.75, 3.05) is 26.3 Å². The van der Waals surface area contributed by atoms with E-state index < -0.39 is 0 Å². The lowest BCUT2D eigenvalue weighted by molar-refractivity contribution is -0.135. The molecule has 18 heavy (non-hydrogen) atoms. The van der Waals surface area contributed by atoms with Crippen molar-refractivity contribution >= 4 is 5.91 Å². The first-order chi connectivity index (χ1) is 8.68. The Labute approximate surface area is 107 Å². The van der Waals surface area contributed by atoms with Crippen LogP contribution < -0.4 is 5.73 Å². The molecule has 6 nitrogen and oxygen atoms in total. The summed E-state index contributed by atoms with van der Waals surface area (Å²) in [6.07, 6.45) is 3.96. The van der Waals surface area contributed by atoms with Gasteiger partial charge in [-0.2, -0.15) is 0 Å². The third-order valence-electron chi connectivity index (χ3n) is 3.14. The SMILES string of the molecule is CC(N)c1cncn1CCC(=O)N1CCOCC1. The Morgan fingerprint density at radius 3 is 2.94 bits per heavy atom. The molecule has 1 aromatic heterocycles. The summed E-state index contributed by atoms with van der Waals surface area (Å²) in [5, 5.41) is 0. The van der Waals surface area contributed by atoms with Crippen LogP contribution in [0.1, 0.15) is 25.1 Å². The largest absolute Gasteiger partial charge is 0.378 e. The van der Waals surface area contributed by atoms with Crippen molar-refractivity contribution in [1.29, 1.82) is 0 Å². The first-order valence-corrected chi connectivity index (χ1v) is 6.29. The van der Waals surface area contributed by atoms with Crippen LogP contribution in [0.15, 0.2) is 12.5 Å². The number of rotatable bonds is 4. The van der Waals surface area contributed by atoms with Crippen LogP contribution in [0.5, 0.6) is 0 Å². The van der Waals surface area contributed by atoms with Crippen LogP contribution in [0.3, 0.4) is 0 Å². The zero-order valence-electron chi connectivity index (χ0n) is 10.7. The molecule has 0 saturated carbocycles. The lowest BCUT2D eigenvalue weighted by Crippen LogP contribution is -2.41. The predicted octanol–water partition coefficient (Wildman–Crippen LogP) is 0.152. The molecule has 0 bridgehead atoms. The number of hydrogen-bond acceptors (Lipinski definition) is 4. The zero-order valence-corrected chi connectivity index (χ0v) is 10.7. The van der Waals surface area contributed by atoms with Crippen LogP contribution in [0.25, 0.3) is 0 Å². The van der Waals surface area contributed by atoms with Gasteiger partial charge in [-0.05, 0) is 6.92 Å². The van der Waals surface area contributed by atoms with E-state index in [-0.39, 0.29) is 11.9 Å².